The third-order valence-corrected chi connectivity index (χ3v) is 6.11. The topological polar surface area (TPSA) is 20.2 Å². The molecular weight excluding hydrogens is 232 g/mol. The van der Waals surface area contributed by atoms with E-state index in [-0.39, 0.29) is 11.5 Å². The Morgan fingerprint density at radius 3 is 2.89 bits per heavy atom. The number of aryl methyl sites for hydroxylation is 1. The van der Waals surface area contributed by atoms with Gasteiger partial charge < -0.3 is 5.11 Å². The maximum atomic E-state index is 10.3. The number of aliphatic hydroxyl groups excluding tert-OH is 1. The second-order valence-electron chi connectivity index (χ2n) is 6.91. The number of hydrogen-bond donors (Lipinski definition) is 1. The molecule has 3 aliphatic rings. The van der Waals surface area contributed by atoms with Crippen molar-refractivity contribution in [2.75, 3.05) is 0 Å². The summed E-state index contributed by atoms with van der Waals surface area (Å²) < 4.78 is 0. The number of allylic oxidation sites excluding steroid dienone is 1. The first-order chi connectivity index (χ1) is 9.20. The Morgan fingerprint density at radius 2 is 2.00 bits per heavy atom. The maximum absolute atomic E-state index is 10.3. The molecule has 0 amide bonds. The maximum Gasteiger partial charge on any atom is 0.0780 e. The highest BCUT2D eigenvalue weighted by molar-refractivity contribution is 5.36. The van der Waals surface area contributed by atoms with Gasteiger partial charge in [0.2, 0.25) is 0 Å². The fourth-order valence-corrected chi connectivity index (χ4v) is 4.95. The van der Waals surface area contributed by atoms with E-state index in [2.05, 4.69) is 37.3 Å². The summed E-state index contributed by atoms with van der Waals surface area (Å²) in [6.07, 6.45) is 9.04. The van der Waals surface area contributed by atoms with E-state index in [4.69, 9.17) is 0 Å². The molecule has 100 valence electrons. The van der Waals surface area contributed by atoms with Crippen LogP contribution >= 0.6 is 0 Å². The lowest BCUT2D eigenvalue weighted by Gasteiger charge is -2.50. The normalized spacial score (nSPS) is 43.5. The van der Waals surface area contributed by atoms with Crippen molar-refractivity contribution in [2.24, 2.45) is 17.3 Å². The van der Waals surface area contributed by atoms with Crippen molar-refractivity contribution in [3.05, 3.63) is 47.5 Å². The van der Waals surface area contributed by atoms with Crippen LogP contribution in [0.5, 0.6) is 0 Å². The van der Waals surface area contributed by atoms with Crippen LogP contribution in [-0.4, -0.2) is 11.2 Å². The molecule has 0 aromatic heterocycles. The third kappa shape index (κ3) is 1.51. The van der Waals surface area contributed by atoms with Crippen molar-refractivity contribution in [1.29, 1.82) is 0 Å². The molecule has 0 spiro atoms. The van der Waals surface area contributed by atoms with Gasteiger partial charge in [-0.15, -0.1) is 0 Å². The molecule has 0 aliphatic heterocycles. The van der Waals surface area contributed by atoms with Crippen molar-refractivity contribution >= 4 is 0 Å². The molecule has 0 bridgehead atoms. The van der Waals surface area contributed by atoms with E-state index in [9.17, 15) is 5.11 Å². The smallest absolute Gasteiger partial charge is 0.0780 e. The van der Waals surface area contributed by atoms with E-state index < -0.39 is 0 Å². The molecule has 1 fully saturated rings. The van der Waals surface area contributed by atoms with Gasteiger partial charge in [-0.05, 0) is 54.6 Å². The lowest BCUT2D eigenvalue weighted by Crippen LogP contribution is -2.44. The summed E-state index contributed by atoms with van der Waals surface area (Å²) in [5.41, 5.74) is 3.26. The molecule has 0 saturated heterocycles. The monoisotopic (exact) mass is 254 g/mol. The lowest BCUT2D eigenvalue weighted by atomic mass is 9.55. The second kappa shape index (κ2) is 3.96. The first-order valence-electron chi connectivity index (χ1n) is 7.64. The molecule has 1 N–H and O–H groups in total. The lowest BCUT2D eigenvalue weighted by molar-refractivity contribution is -0.0101. The number of fused-ring (bicyclic) bond motifs is 5. The fourth-order valence-electron chi connectivity index (χ4n) is 4.95. The highest BCUT2D eigenvalue weighted by Crippen LogP contribution is 2.58. The number of aliphatic hydroxyl groups is 1. The third-order valence-electron chi connectivity index (χ3n) is 6.11. The molecule has 1 aromatic carbocycles. The SMILES string of the molecule is C[C@]12CCC3c4ccccc4CCC3C1C=C[C@@H]2O. The number of hydrogen-bond acceptors (Lipinski definition) is 1. The van der Waals surface area contributed by atoms with Crippen molar-refractivity contribution in [3.8, 4) is 0 Å². The van der Waals surface area contributed by atoms with Crippen LogP contribution in [0, 0.1) is 17.3 Å². The highest BCUT2D eigenvalue weighted by Gasteiger charge is 2.52. The average Bonchev–Trinajstić information content (AvgIpc) is 2.75. The molecule has 1 saturated carbocycles. The molecule has 4 rings (SSSR count). The summed E-state index contributed by atoms with van der Waals surface area (Å²) in [6.45, 7) is 2.29. The first kappa shape index (κ1) is 11.7. The quantitative estimate of drug-likeness (QED) is 0.700. The minimum atomic E-state index is -0.226. The summed E-state index contributed by atoms with van der Waals surface area (Å²) in [5, 5.41) is 10.3. The molecule has 1 aromatic rings. The number of benzene rings is 1. The Morgan fingerprint density at radius 1 is 1.16 bits per heavy atom. The largest absolute Gasteiger partial charge is 0.388 e. The van der Waals surface area contributed by atoms with Crippen molar-refractivity contribution in [3.63, 3.8) is 0 Å². The van der Waals surface area contributed by atoms with Crippen LogP contribution in [0.3, 0.4) is 0 Å². The molecular formula is C18H22O. The summed E-state index contributed by atoms with van der Waals surface area (Å²) in [4.78, 5) is 0. The van der Waals surface area contributed by atoms with Gasteiger partial charge in [0.15, 0.2) is 0 Å². The summed E-state index contributed by atoms with van der Waals surface area (Å²) >= 11 is 0. The molecule has 3 unspecified atom stereocenters. The van der Waals surface area contributed by atoms with Crippen molar-refractivity contribution in [2.45, 2.75) is 44.6 Å². The Labute approximate surface area is 115 Å². The average molecular weight is 254 g/mol. The van der Waals surface area contributed by atoms with E-state index in [1.54, 1.807) is 11.1 Å². The van der Waals surface area contributed by atoms with Crippen LogP contribution in [-0.2, 0) is 6.42 Å². The van der Waals surface area contributed by atoms with E-state index in [1.807, 2.05) is 6.08 Å². The van der Waals surface area contributed by atoms with Crippen LogP contribution in [0.4, 0.5) is 0 Å². The molecule has 0 heterocycles. The van der Waals surface area contributed by atoms with Crippen LogP contribution < -0.4 is 0 Å². The van der Waals surface area contributed by atoms with Gasteiger partial charge in [0.05, 0.1) is 6.10 Å². The zero-order valence-corrected chi connectivity index (χ0v) is 11.5. The van der Waals surface area contributed by atoms with Crippen LogP contribution in [0.2, 0.25) is 0 Å². The van der Waals surface area contributed by atoms with Gasteiger partial charge in [-0.2, -0.15) is 0 Å². The van der Waals surface area contributed by atoms with Gasteiger partial charge in [-0.1, -0.05) is 43.3 Å². The van der Waals surface area contributed by atoms with Crippen LogP contribution in [0.15, 0.2) is 36.4 Å². The Bertz CT molecular complexity index is 532. The molecule has 19 heavy (non-hydrogen) atoms. The molecule has 0 radical (unpaired) electrons. The highest BCUT2D eigenvalue weighted by atomic mass is 16.3. The predicted octanol–water partition coefficient (Wildman–Crippen LogP) is 3.68. The minimum Gasteiger partial charge on any atom is -0.388 e. The van der Waals surface area contributed by atoms with Crippen molar-refractivity contribution < 1.29 is 5.11 Å². The second-order valence-corrected chi connectivity index (χ2v) is 6.91. The van der Waals surface area contributed by atoms with Crippen LogP contribution in [0.1, 0.15) is 43.2 Å². The van der Waals surface area contributed by atoms with Gasteiger partial charge in [-0.3, -0.25) is 0 Å². The van der Waals surface area contributed by atoms with Gasteiger partial charge in [0.1, 0.15) is 0 Å². The zero-order valence-electron chi connectivity index (χ0n) is 11.5. The standard InChI is InChI=1S/C18H22O/c1-18-11-10-14-13-5-3-2-4-12(13)6-7-15(14)16(18)8-9-17(18)19/h2-5,8-9,14-17,19H,6-7,10-11H2,1H3/t14?,15?,16?,17-,18-/m0/s1. The van der Waals surface area contributed by atoms with Gasteiger partial charge >= 0.3 is 0 Å². The zero-order chi connectivity index (χ0) is 13.0. The van der Waals surface area contributed by atoms with E-state index >= 15 is 0 Å². The molecule has 1 nitrogen and oxygen atoms in total. The predicted molar refractivity (Wildman–Crippen MR) is 77.0 cm³/mol. The summed E-state index contributed by atoms with van der Waals surface area (Å²) in [7, 11) is 0. The Kier molecular flexibility index (Phi) is 2.44. The fraction of sp³-hybridized carbons (Fsp3) is 0.556. The first-order valence-corrected chi connectivity index (χ1v) is 7.64. The molecule has 5 atom stereocenters. The van der Waals surface area contributed by atoms with Gasteiger partial charge in [0, 0.05) is 5.41 Å². The van der Waals surface area contributed by atoms with Gasteiger partial charge in [-0.25, -0.2) is 0 Å². The van der Waals surface area contributed by atoms with Gasteiger partial charge in [0.25, 0.3) is 0 Å². The van der Waals surface area contributed by atoms with E-state index in [0.717, 1.165) is 18.3 Å². The molecule has 3 aliphatic carbocycles. The van der Waals surface area contributed by atoms with E-state index in [1.165, 1.54) is 19.3 Å². The van der Waals surface area contributed by atoms with Crippen molar-refractivity contribution in [1.82, 2.24) is 0 Å². The number of rotatable bonds is 0. The van der Waals surface area contributed by atoms with E-state index in [0.29, 0.717) is 5.92 Å². The summed E-state index contributed by atoms with van der Waals surface area (Å²) in [6, 6.07) is 9.00. The Balaban J connectivity index is 1.74. The molecule has 1 heteroatoms. The minimum absolute atomic E-state index is 0.105. The summed E-state index contributed by atoms with van der Waals surface area (Å²) in [5.74, 6) is 2.04. The Hall–Kier alpha value is -1.08. The van der Waals surface area contributed by atoms with Crippen LogP contribution in [0.25, 0.3) is 0 Å².